The van der Waals surface area contributed by atoms with Crippen molar-refractivity contribution in [3.05, 3.63) is 12.7 Å². The molecule has 1 spiro atoms. The summed E-state index contributed by atoms with van der Waals surface area (Å²) in [5.41, 5.74) is -0.578. The Hall–Kier alpha value is -1.40. The molecule has 0 aromatic carbocycles. The van der Waals surface area contributed by atoms with Crippen LogP contribution in [-0.4, -0.2) is 60.8 Å². The van der Waals surface area contributed by atoms with E-state index in [1.165, 1.54) is 6.08 Å². The molecule has 2 fully saturated rings. The normalized spacial score (nSPS) is 27.6. The maximum atomic E-state index is 12.2. The van der Waals surface area contributed by atoms with E-state index in [4.69, 9.17) is 9.47 Å². The van der Waals surface area contributed by atoms with Crippen LogP contribution >= 0.6 is 0 Å². The average Bonchev–Trinajstić information content (AvgIpc) is 2.73. The van der Waals surface area contributed by atoms with E-state index in [0.29, 0.717) is 39.3 Å². The first-order valence-electron chi connectivity index (χ1n) is 7.32. The Morgan fingerprint density at radius 3 is 2.76 bits per heavy atom. The Balaban J connectivity index is 1.85. The minimum Gasteiger partial charge on any atom is -0.372 e. The molecule has 0 aromatic heterocycles. The SMILES string of the molecule is C=CC(=O)NCCC(=O)N1CCOC2(COC(C)(C)C2)C1. The first-order chi connectivity index (χ1) is 9.86. The zero-order valence-electron chi connectivity index (χ0n) is 12.8. The molecule has 1 N–H and O–H groups in total. The largest absolute Gasteiger partial charge is 0.372 e. The monoisotopic (exact) mass is 296 g/mol. The van der Waals surface area contributed by atoms with Crippen molar-refractivity contribution in [1.82, 2.24) is 10.2 Å². The zero-order valence-corrected chi connectivity index (χ0v) is 12.8. The Morgan fingerprint density at radius 2 is 2.14 bits per heavy atom. The summed E-state index contributed by atoms with van der Waals surface area (Å²) in [6.45, 7) is 9.99. The van der Waals surface area contributed by atoms with E-state index in [1.54, 1.807) is 0 Å². The summed E-state index contributed by atoms with van der Waals surface area (Å²) in [4.78, 5) is 25.1. The summed E-state index contributed by atoms with van der Waals surface area (Å²) < 4.78 is 11.7. The molecule has 0 saturated carbocycles. The highest BCUT2D eigenvalue weighted by Gasteiger charge is 2.48. The fraction of sp³-hybridized carbons (Fsp3) is 0.733. The van der Waals surface area contributed by atoms with Gasteiger partial charge in [-0.25, -0.2) is 0 Å². The number of carbonyl (C=O) groups excluding carboxylic acids is 2. The van der Waals surface area contributed by atoms with Crippen LogP contribution in [0.5, 0.6) is 0 Å². The molecule has 118 valence electrons. The molecule has 2 rings (SSSR count). The quantitative estimate of drug-likeness (QED) is 0.766. The van der Waals surface area contributed by atoms with Crippen molar-refractivity contribution in [2.45, 2.75) is 37.9 Å². The molecule has 2 amide bonds. The van der Waals surface area contributed by atoms with Gasteiger partial charge in [-0.15, -0.1) is 0 Å². The highest BCUT2D eigenvalue weighted by Crippen LogP contribution is 2.37. The van der Waals surface area contributed by atoms with Crippen molar-refractivity contribution in [3.63, 3.8) is 0 Å². The fourth-order valence-corrected chi connectivity index (χ4v) is 2.98. The molecule has 0 aliphatic carbocycles. The van der Waals surface area contributed by atoms with Crippen molar-refractivity contribution < 1.29 is 19.1 Å². The number of carbonyl (C=O) groups is 2. The smallest absolute Gasteiger partial charge is 0.243 e. The molecule has 1 unspecified atom stereocenters. The number of hydrogen-bond acceptors (Lipinski definition) is 4. The fourth-order valence-electron chi connectivity index (χ4n) is 2.98. The van der Waals surface area contributed by atoms with E-state index in [2.05, 4.69) is 11.9 Å². The average molecular weight is 296 g/mol. The van der Waals surface area contributed by atoms with Crippen LogP contribution in [0.25, 0.3) is 0 Å². The van der Waals surface area contributed by atoms with Gasteiger partial charge >= 0.3 is 0 Å². The molecule has 21 heavy (non-hydrogen) atoms. The Kier molecular flexibility index (Phi) is 4.68. The first-order valence-corrected chi connectivity index (χ1v) is 7.32. The lowest BCUT2D eigenvalue weighted by Crippen LogP contribution is -2.54. The second-order valence-corrected chi connectivity index (χ2v) is 6.32. The molecule has 6 nitrogen and oxygen atoms in total. The second-order valence-electron chi connectivity index (χ2n) is 6.32. The Labute approximate surface area is 125 Å². The van der Waals surface area contributed by atoms with Crippen LogP contribution in [-0.2, 0) is 19.1 Å². The minimum absolute atomic E-state index is 0.0340. The molecule has 6 heteroatoms. The number of rotatable bonds is 4. The van der Waals surface area contributed by atoms with Crippen LogP contribution in [0.1, 0.15) is 26.7 Å². The molecule has 0 bridgehead atoms. The summed E-state index contributed by atoms with van der Waals surface area (Å²) in [5.74, 6) is -0.223. The van der Waals surface area contributed by atoms with Gasteiger partial charge in [0.15, 0.2) is 0 Å². The summed E-state index contributed by atoms with van der Waals surface area (Å²) >= 11 is 0. The molecule has 2 saturated heterocycles. The van der Waals surface area contributed by atoms with Gasteiger partial charge < -0.3 is 19.7 Å². The molecule has 0 radical (unpaired) electrons. The number of amides is 2. The molecule has 0 aromatic rings. The lowest BCUT2D eigenvalue weighted by atomic mass is 9.92. The molecular weight excluding hydrogens is 272 g/mol. The molecule has 2 aliphatic heterocycles. The van der Waals surface area contributed by atoms with Gasteiger partial charge in [0, 0.05) is 25.9 Å². The van der Waals surface area contributed by atoms with Crippen LogP contribution in [0, 0.1) is 0 Å². The first kappa shape index (κ1) is 16.0. The van der Waals surface area contributed by atoms with Crippen LogP contribution in [0.2, 0.25) is 0 Å². The lowest BCUT2D eigenvalue weighted by molar-refractivity contribution is -0.150. The standard InChI is InChI=1S/C15H24N2O4/c1-4-12(18)16-6-5-13(19)17-7-8-20-15(10-17)9-14(2,3)21-11-15/h4H,1,5-11H2,2-3H3,(H,16,18). The van der Waals surface area contributed by atoms with Gasteiger partial charge in [-0.1, -0.05) is 6.58 Å². The second kappa shape index (κ2) is 6.15. The molecule has 2 heterocycles. The summed E-state index contributed by atoms with van der Waals surface area (Å²) in [6.07, 6.45) is 2.28. The molecular formula is C15H24N2O4. The maximum absolute atomic E-state index is 12.2. The molecule has 1 atom stereocenters. The minimum atomic E-state index is -0.373. The highest BCUT2D eigenvalue weighted by molar-refractivity contribution is 5.87. The van der Waals surface area contributed by atoms with Gasteiger partial charge in [0.1, 0.15) is 5.60 Å². The summed E-state index contributed by atoms with van der Waals surface area (Å²) in [5, 5.41) is 2.62. The third-order valence-corrected chi connectivity index (χ3v) is 3.90. The van der Waals surface area contributed by atoms with E-state index in [-0.39, 0.29) is 23.0 Å². The van der Waals surface area contributed by atoms with Gasteiger partial charge in [0.05, 0.1) is 25.4 Å². The van der Waals surface area contributed by atoms with Crippen molar-refractivity contribution in [2.75, 3.05) is 32.8 Å². The van der Waals surface area contributed by atoms with Gasteiger partial charge in [0.2, 0.25) is 11.8 Å². The van der Waals surface area contributed by atoms with E-state index >= 15 is 0 Å². The van der Waals surface area contributed by atoms with Gasteiger partial charge in [0.25, 0.3) is 0 Å². The van der Waals surface area contributed by atoms with Crippen molar-refractivity contribution >= 4 is 11.8 Å². The number of nitrogens with zero attached hydrogens (tertiary/aromatic N) is 1. The van der Waals surface area contributed by atoms with Crippen LogP contribution in [0.15, 0.2) is 12.7 Å². The third-order valence-electron chi connectivity index (χ3n) is 3.90. The van der Waals surface area contributed by atoms with E-state index in [1.807, 2.05) is 18.7 Å². The van der Waals surface area contributed by atoms with E-state index in [9.17, 15) is 9.59 Å². The Bertz CT molecular complexity index is 435. The zero-order chi connectivity index (χ0) is 15.5. The lowest BCUT2D eigenvalue weighted by Gasteiger charge is -2.40. The predicted molar refractivity (Wildman–Crippen MR) is 77.7 cm³/mol. The number of nitrogens with one attached hydrogen (secondary N) is 1. The summed E-state index contributed by atoms with van der Waals surface area (Å²) in [6, 6.07) is 0. The van der Waals surface area contributed by atoms with Gasteiger partial charge in [-0.2, -0.15) is 0 Å². The third kappa shape index (κ3) is 4.04. The predicted octanol–water partition coefficient (Wildman–Crippen LogP) is 0.475. The maximum Gasteiger partial charge on any atom is 0.243 e. The van der Waals surface area contributed by atoms with Crippen LogP contribution in [0.4, 0.5) is 0 Å². The topological polar surface area (TPSA) is 67.9 Å². The van der Waals surface area contributed by atoms with E-state index in [0.717, 1.165) is 6.42 Å². The Morgan fingerprint density at radius 1 is 1.38 bits per heavy atom. The van der Waals surface area contributed by atoms with Crippen molar-refractivity contribution in [3.8, 4) is 0 Å². The summed E-state index contributed by atoms with van der Waals surface area (Å²) in [7, 11) is 0. The highest BCUT2D eigenvalue weighted by atomic mass is 16.6. The molecule has 2 aliphatic rings. The van der Waals surface area contributed by atoms with E-state index < -0.39 is 0 Å². The number of ether oxygens (including phenoxy) is 2. The number of morpholine rings is 1. The van der Waals surface area contributed by atoms with Crippen molar-refractivity contribution in [1.29, 1.82) is 0 Å². The van der Waals surface area contributed by atoms with Crippen LogP contribution in [0.3, 0.4) is 0 Å². The van der Waals surface area contributed by atoms with Crippen LogP contribution < -0.4 is 5.32 Å². The number of hydrogen-bond donors (Lipinski definition) is 1. The van der Waals surface area contributed by atoms with Crippen molar-refractivity contribution in [2.24, 2.45) is 0 Å². The van der Waals surface area contributed by atoms with Gasteiger partial charge in [-0.3, -0.25) is 9.59 Å². The van der Waals surface area contributed by atoms with Gasteiger partial charge in [-0.05, 0) is 19.9 Å².